The quantitative estimate of drug-likeness (QED) is 0.730. The van der Waals surface area contributed by atoms with Crippen LogP contribution in [0.15, 0.2) is 30.6 Å². The van der Waals surface area contributed by atoms with E-state index in [-0.39, 0.29) is 0 Å². The summed E-state index contributed by atoms with van der Waals surface area (Å²) in [4.78, 5) is 14.5. The van der Waals surface area contributed by atoms with E-state index in [0.29, 0.717) is 11.8 Å². The highest BCUT2D eigenvalue weighted by Gasteiger charge is 2.38. The van der Waals surface area contributed by atoms with E-state index in [1.165, 1.54) is 5.69 Å². The molecule has 29 heavy (non-hydrogen) atoms. The van der Waals surface area contributed by atoms with Crippen molar-refractivity contribution < 1.29 is 9.47 Å². The van der Waals surface area contributed by atoms with Gasteiger partial charge >= 0.3 is 0 Å². The molecule has 8 nitrogen and oxygen atoms in total. The monoisotopic (exact) mass is 392 g/mol. The lowest BCUT2D eigenvalue weighted by Gasteiger charge is -2.30. The number of morpholine rings is 1. The number of ether oxygens (including phenoxy) is 2. The molecule has 0 spiro atoms. The molecule has 3 saturated heterocycles. The summed E-state index contributed by atoms with van der Waals surface area (Å²) < 4.78 is 11.2. The second-order valence-electron chi connectivity index (χ2n) is 8.09. The highest BCUT2D eigenvalue weighted by Crippen LogP contribution is 2.39. The Bertz CT molecular complexity index is 1010. The highest BCUT2D eigenvalue weighted by atomic mass is 16.5. The van der Waals surface area contributed by atoms with Gasteiger partial charge in [0.1, 0.15) is 17.0 Å². The summed E-state index contributed by atoms with van der Waals surface area (Å²) in [5.74, 6) is 2.25. The van der Waals surface area contributed by atoms with Gasteiger partial charge in [0.2, 0.25) is 0 Å². The van der Waals surface area contributed by atoms with E-state index in [9.17, 15) is 0 Å². The number of aromatic amines is 1. The molecule has 8 heteroatoms. The summed E-state index contributed by atoms with van der Waals surface area (Å²) in [6, 6.07) is 6.29. The number of nitrogens with zero attached hydrogens (tertiary/aromatic N) is 5. The number of hydrogen-bond donors (Lipinski definition) is 1. The Morgan fingerprint density at radius 2 is 1.79 bits per heavy atom. The zero-order valence-electron chi connectivity index (χ0n) is 16.3. The molecule has 0 radical (unpaired) electrons. The summed E-state index contributed by atoms with van der Waals surface area (Å²) in [5.41, 5.74) is 3.90. The summed E-state index contributed by atoms with van der Waals surface area (Å²) in [5, 5.41) is 8.30. The zero-order chi connectivity index (χ0) is 19.2. The molecule has 6 heterocycles. The normalized spacial score (nSPS) is 24.4. The van der Waals surface area contributed by atoms with Crippen molar-refractivity contribution in [2.24, 2.45) is 11.8 Å². The number of rotatable bonds is 3. The van der Waals surface area contributed by atoms with Crippen molar-refractivity contribution in [1.29, 1.82) is 0 Å². The van der Waals surface area contributed by atoms with Gasteiger partial charge in [0.05, 0.1) is 32.1 Å². The SMILES string of the molecule is c1cc(-c2nccc3c(N4CC5COCC5C4)cc(N4CCOCC4)nc23)[nH]n1. The molecule has 3 fully saturated rings. The van der Waals surface area contributed by atoms with Gasteiger partial charge in [0.25, 0.3) is 0 Å². The smallest absolute Gasteiger partial charge is 0.131 e. The molecule has 3 aliphatic rings. The van der Waals surface area contributed by atoms with Crippen LogP contribution in [0, 0.1) is 11.8 Å². The molecular weight excluding hydrogens is 368 g/mol. The van der Waals surface area contributed by atoms with Crippen molar-refractivity contribution in [1.82, 2.24) is 20.2 Å². The fraction of sp³-hybridized carbons (Fsp3) is 0.476. The predicted octanol–water partition coefficient (Wildman–Crippen LogP) is 1.94. The predicted molar refractivity (Wildman–Crippen MR) is 110 cm³/mol. The van der Waals surface area contributed by atoms with Crippen molar-refractivity contribution in [3.8, 4) is 11.4 Å². The lowest BCUT2D eigenvalue weighted by Crippen LogP contribution is -2.37. The first kappa shape index (κ1) is 17.2. The largest absolute Gasteiger partial charge is 0.381 e. The Labute approximate surface area is 168 Å². The van der Waals surface area contributed by atoms with Crippen LogP contribution in [0.1, 0.15) is 0 Å². The van der Waals surface area contributed by atoms with Crippen LogP contribution >= 0.6 is 0 Å². The molecule has 3 aliphatic heterocycles. The third-order valence-corrected chi connectivity index (χ3v) is 6.36. The van der Waals surface area contributed by atoms with Gasteiger partial charge in [0.15, 0.2) is 0 Å². The summed E-state index contributed by atoms with van der Waals surface area (Å²) in [7, 11) is 0. The van der Waals surface area contributed by atoms with Gasteiger partial charge in [-0.1, -0.05) is 0 Å². The maximum atomic E-state index is 5.69. The first-order valence-corrected chi connectivity index (χ1v) is 10.3. The van der Waals surface area contributed by atoms with Crippen molar-refractivity contribution in [2.45, 2.75) is 0 Å². The average molecular weight is 392 g/mol. The van der Waals surface area contributed by atoms with E-state index in [1.807, 2.05) is 12.3 Å². The van der Waals surface area contributed by atoms with Crippen molar-refractivity contribution in [3.63, 3.8) is 0 Å². The Kier molecular flexibility index (Phi) is 4.12. The van der Waals surface area contributed by atoms with E-state index >= 15 is 0 Å². The second kappa shape index (κ2) is 6.96. The maximum Gasteiger partial charge on any atom is 0.131 e. The average Bonchev–Trinajstić information content (AvgIpc) is 3.51. The summed E-state index contributed by atoms with van der Waals surface area (Å²) in [6.45, 7) is 7.01. The molecule has 0 aliphatic carbocycles. The molecule has 6 rings (SSSR count). The molecule has 0 amide bonds. The molecule has 0 aromatic carbocycles. The van der Waals surface area contributed by atoms with E-state index in [2.05, 4.69) is 37.1 Å². The Morgan fingerprint density at radius 3 is 2.55 bits per heavy atom. The van der Waals surface area contributed by atoms with E-state index in [4.69, 9.17) is 14.5 Å². The summed E-state index contributed by atoms with van der Waals surface area (Å²) >= 11 is 0. The lowest BCUT2D eigenvalue weighted by molar-refractivity contribution is 0.122. The molecule has 150 valence electrons. The van der Waals surface area contributed by atoms with Gasteiger partial charge in [-0.2, -0.15) is 5.10 Å². The highest BCUT2D eigenvalue weighted by molar-refractivity contribution is 6.00. The van der Waals surface area contributed by atoms with Crippen LogP contribution in [0.3, 0.4) is 0 Å². The Morgan fingerprint density at radius 1 is 0.966 bits per heavy atom. The minimum absolute atomic E-state index is 0.624. The molecule has 3 aromatic rings. The standard InChI is InChI=1S/C21H24N6O2/c1-3-22-21(17-2-4-23-25-17)20-16(1)18(27-10-14-12-29-13-15(14)11-27)9-19(24-20)26-5-7-28-8-6-26/h1-4,9,14-15H,5-8,10-13H2,(H,23,25). The fourth-order valence-electron chi connectivity index (χ4n) is 4.81. The van der Waals surface area contributed by atoms with Gasteiger partial charge in [-0.3, -0.25) is 10.1 Å². The van der Waals surface area contributed by atoms with E-state index in [0.717, 1.165) is 80.7 Å². The van der Waals surface area contributed by atoms with E-state index in [1.54, 1.807) is 6.20 Å². The number of hydrogen-bond acceptors (Lipinski definition) is 7. The molecular formula is C21H24N6O2. The van der Waals surface area contributed by atoms with Gasteiger partial charge in [-0.05, 0) is 12.1 Å². The van der Waals surface area contributed by atoms with Crippen LogP contribution in [0.2, 0.25) is 0 Å². The minimum atomic E-state index is 0.624. The number of nitrogens with one attached hydrogen (secondary N) is 1. The minimum Gasteiger partial charge on any atom is -0.381 e. The van der Waals surface area contributed by atoms with Crippen molar-refractivity contribution in [3.05, 3.63) is 30.6 Å². The van der Waals surface area contributed by atoms with Crippen molar-refractivity contribution >= 4 is 22.4 Å². The zero-order valence-corrected chi connectivity index (χ0v) is 16.3. The number of H-pyrrole nitrogens is 1. The van der Waals surface area contributed by atoms with E-state index < -0.39 is 0 Å². The number of pyridine rings is 2. The third-order valence-electron chi connectivity index (χ3n) is 6.36. The van der Waals surface area contributed by atoms with Gasteiger partial charge < -0.3 is 19.3 Å². The Hall–Kier alpha value is -2.71. The van der Waals surface area contributed by atoms with Gasteiger partial charge in [-0.15, -0.1) is 0 Å². The van der Waals surface area contributed by atoms with Crippen LogP contribution < -0.4 is 9.80 Å². The van der Waals surface area contributed by atoms with Crippen LogP contribution in [-0.4, -0.2) is 72.8 Å². The van der Waals surface area contributed by atoms with Crippen LogP contribution in [0.5, 0.6) is 0 Å². The molecule has 1 N–H and O–H groups in total. The maximum absolute atomic E-state index is 5.69. The number of anilines is 2. The van der Waals surface area contributed by atoms with Crippen LogP contribution in [0.25, 0.3) is 22.3 Å². The topological polar surface area (TPSA) is 79.4 Å². The second-order valence-corrected chi connectivity index (χ2v) is 8.09. The molecule has 0 saturated carbocycles. The fourth-order valence-corrected chi connectivity index (χ4v) is 4.81. The molecule has 0 bridgehead atoms. The number of aromatic nitrogens is 4. The first-order valence-electron chi connectivity index (χ1n) is 10.3. The Balaban J connectivity index is 1.51. The third kappa shape index (κ3) is 2.94. The van der Waals surface area contributed by atoms with Crippen LogP contribution in [0.4, 0.5) is 11.5 Å². The molecule has 2 atom stereocenters. The van der Waals surface area contributed by atoms with Crippen molar-refractivity contribution in [2.75, 3.05) is 62.4 Å². The summed E-state index contributed by atoms with van der Waals surface area (Å²) in [6.07, 6.45) is 3.63. The molecule has 2 unspecified atom stereocenters. The van der Waals surface area contributed by atoms with Crippen LogP contribution in [-0.2, 0) is 9.47 Å². The lowest BCUT2D eigenvalue weighted by atomic mass is 10.0. The first-order chi connectivity index (χ1) is 14.4. The number of fused-ring (bicyclic) bond motifs is 2. The molecule has 3 aromatic heterocycles. The van der Waals surface area contributed by atoms with Gasteiger partial charge in [-0.25, -0.2) is 4.98 Å². The van der Waals surface area contributed by atoms with Gasteiger partial charge in [0, 0.05) is 67.5 Å².